The van der Waals surface area contributed by atoms with E-state index in [-0.39, 0.29) is 17.0 Å². The fraction of sp³-hybridized carbons (Fsp3) is 0.500. The minimum atomic E-state index is -4.44. The van der Waals surface area contributed by atoms with Crippen LogP contribution in [0.2, 0.25) is 5.02 Å². The smallest absolute Gasteiger partial charge is 0.310 e. The SMILES string of the molecule is CCCNC1CCN(c2ccc(C(F)(F)F)cc2Cl)C1=O. The molecule has 1 aromatic rings. The highest BCUT2D eigenvalue weighted by Crippen LogP contribution is 2.36. The Labute approximate surface area is 126 Å². The van der Waals surface area contributed by atoms with Crippen molar-refractivity contribution in [1.29, 1.82) is 0 Å². The number of carbonyl (C=O) groups excluding carboxylic acids is 1. The highest BCUT2D eigenvalue weighted by Gasteiger charge is 2.35. The second-order valence-corrected chi connectivity index (χ2v) is 5.36. The maximum atomic E-state index is 12.6. The van der Waals surface area contributed by atoms with Gasteiger partial charge in [-0.15, -0.1) is 0 Å². The molecule has 1 aliphatic heterocycles. The molecule has 0 radical (unpaired) electrons. The molecule has 0 aromatic heterocycles. The first kappa shape index (κ1) is 16.1. The number of carbonyl (C=O) groups is 1. The van der Waals surface area contributed by atoms with E-state index >= 15 is 0 Å². The summed E-state index contributed by atoms with van der Waals surface area (Å²) >= 11 is 5.92. The van der Waals surface area contributed by atoms with Crippen molar-refractivity contribution < 1.29 is 18.0 Å². The first-order valence-electron chi connectivity index (χ1n) is 6.76. The van der Waals surface area contributed by atoms with Crippen LogP contribution in [-0.2, 0) is 11.0 Å². The van der Waals surface area contributed by atoms with Crippen molar-refractivity contribution in [3.63, 3.8) is 0 Å². The van der Waals surface area contributed by atoms with Crippen LogP contribution in [0, 0.1) is 0 Å². The lowest BCUT2D eigenvalue weighted by atomic mass is 10.2. The second kappa shape index (κ2) is 6.23. The standard InChI is InChI=1S/C14H16ClF3N2O/c1-2-6-19-11-5-7-20(13(11)21)12-4-3-9(8-10(12)15)14(16,17)18/h3-4,8,11,19H,2,5-7H2,1H3. The molecule has 116 valence electrons. The van der Waals surface area contributed by atoms with E-state index in [1.54, 1.807) is 0 Å². The first-order valence-corrected chi connectivity index (χ1v) is 7.14. The molecular weight excluding hydrogens is 305 g/mol. The molecule has 21 heavy (non-hydrogen) atoms. The summed E-state index contributed by atoms with van der Waals surface area (Å²) in [7, 11) is 0. The van der Waals surface area contributed by atoms with Crippen LogP contribution in [0.3, 0.4) is 0 Å². The van der Waals surface area contributed by atoms with E-state index in [2.05, 4.69) is 5.32 Å². The van der Waals surface area contributed by atoms with E-state index in [1.165, 1.54) is 11.0 Å². The van der Waals surface area contributed by atoms with E-state index in [1.807, 2.05) is 6.92 Å². The molecule has 1 fully saturated rings. The van der Waals surface area contributed by atoms with Crippen LogP contribution in [0.1, 0.15) is 25.3 Å². The quantitative estimate of drug-likeness (QED) is 0.921. The van der Waals surface area contributed by atoms with Crippen molar-refractivity contribution in [2.75, 3.05) is 18.0 Å². The zero-order chi connectivity index (χ0) is 15.6. The predicted molar refractivity (Wildman–Crippen MR) is 75.5 cm³/mol. The predicted octanol–water partition coefficient (Wildman–Crippen LogP) is 3.46. The van der Waals surface area contributed by atoms with Gasteiger partial charge in [-0.3, -0.25) is 4.79 Å². The first-order chi connectivity index (χ1) is 9.84. The van der Waals surface area contributed by atoms with E-state index in [0.29, 0.717) is 18.7 Å². The van der Waals surface area contributed by atoms with E-state index < -0.39 is 11.7 Å². The third-order valence-corrected chi connectivity index (χ3v) is 3.71. The zero-order valence-corrected chi connectivity index (χ0v) is 12.3. The molecule has 1 N–H and O–H groups in total. The zero-order valence-electron chi connectivity index (χ0n) is 11.5. The highest BCUT2D eigenvalue weighted by molar-refractivity contribution is 6.34. The van der Waals surface area contributed by atoms with Gasteiger partial charge < -0.3 is 10.2 Å². The molecule has 1 aromatic carbocycles. The van der Waals surface area contributed by atoms with Crippen molar-refractivity contribution in [1.82, 2.24) is 5.32 Å². The Hall–Kier alpha value is -1.27. The van der Waals surface area contributed by atoms with Gasteiger partial charge in [-0.25, -0.2) is 0 Å². The minimum absolute atomic E-state index is 0.0608. The van der Waals surface area contributed by atoms with Gasteiger partial charge in [0, 0.05) is 6.54 Å². The van der Waals surface area contributed by atoms with Gasteiger partial charge in [0.2, 0.25) is 5.91 Å². The number of alkyl halides is 3. The maximum Gasteiger partial charge on any atom is 0.416 e. The van der Waals surface area contributed by atoms with Crippen molar-refractivity contribution in [3.05, 3.63) is 28.8 Å². The van der Waals surface area contributed by atoms with Gasteiger partial charge in [0.25, 0.3) is 0 Å². The number of hydrogen-bond donors (Lipinski definition) is 1. The van der Waals surface area contributed by atoms with Crippen molar-refractivity contribution in [2.45, 2.75) is 32.0 Å². The largest absolute Gasteiger partial charge is 0.416 e. The van der Waals surface area contributed by atoms with Gasteiger partial charge in [0.05, 0.1) is 22.3 Å². The van der Waals surface area contributed by atoms with E-state index in [0.717, 1.165) is 25.1 Å². The average molecular weight is 321 g/mol. The van der Waals surface area contributed by atoms with Crippen LogP contribution >= 0.6 is 11.6 Å². The molecule has 0 spiro atoms. The maximum absolute atomic E-state index is 12.6. The van der Waals surface area contributed by atoms with E-state index in [9.17, 15) is 18.0 Å². The summed E-state index contributed by atoms with van der Waals surface area (Å²) < 4.78 is 37.8. The molecule has 0 bridgehead atoms. The Balaban J connectivity index is 2.18. The number of hydrogen-bond acceptors (Lipinski definition) is 2. The second-order valence-electron chi connectivity index (χ2n) is 4.95. The van der Waals surface area contributed by atoms with Crippen molar-refractivity contribution in [2.24, 2.45) is 0 Å². The van der Waals surface area contributed by atoms with Crippen LogP contribution < -0.4 is 10.2 Å². The molecule has 1 unspecified atom stereocenters. The Morgan fingerprint density at radius 2 is 2.14 bits per heavy atom. The van der Waals surface area contributed by atoms with Gasteiger partial charge in [-0.2, -0.15) is 13.2 Å². The molecule has 1 saturated heterocycles. The van der Waals surface area contributed by atoms with Crippen LogP contribution in [0.25, 0.3) is 0 Å². The Morgan fingerprint density at radius 1 is 1.43 bits per heavy atom. The lowest BCUT2D eigenvalue weighted by Gasteiger charge is -2.19. The lowest BCUT2D eigenvalue weighted by Crippen LogP contribution is -2.38. The average Bonchev–Trinajstić information content (AvgIpc) is 2.76. The van der Waals surface area contributed by atoms with Gasteiger partial charge in [0.1, 0.15) is 0 Å². The summed E-state index contributed by atoms with van der Waals surface area (Å²) in [6.45, 7) is 3.17. The minimum Gasteiger partial charge on any atom is -0.310 e. The molecule has 1 atom stereocenters. The van der Waals surface area contributed by atoms with Crippen LogP contribution in [0.4, 0.5) is 18.9 Å². The molecular formula is C14H16ClF3N2O. The van der Waals surface area contributed by atoms with Crippen molar-refractivity contribution >= 4 is 23.2 Å². The molecule has 1 aliphatic rings. The molecule has 1 heterocycles. The number of nitrogens with zero attached hydrogens (tertiary/aromatic N) is 1. The number of amides is 1. The third kappa shape index (κ3) is 3.49. The van der Waals surface area contributed by atoms with Crippen LogP contribution in [0.15, 0.2) is 18.2 Å². The Kier molecular flexibility index (Phi) is 4.78. The number of anilines is 1. The molecule has 2 rings (SSSR count). The fourth-order valence-corrected chi connectivity index (χ4v) is 2.61. The van der Waals surface area contributed by atoms with Crippen LogP contribution in [0.5, 0.6) is 0 Å². The Morgan fingerprint density at radius 3 is 2.71 bits per heavy atom. The molecule has 7 heteroatoms. The number of halogens is 4. The van der Waals surface area contributed by atoms with Gasteiger partial charge in [-0.1, -0.05) is 18.5 Å². The summed E-state index contributed by atoms with van der Waals surface area (Å²) in [6, 6.07) is 2.77. The van der Waals surface area contributed by atoms with E-state index in [4.69, 9.17) is 11.6 Å². The summed E-state index contributed by atoms with van der Waals surface area (Å²) in [5.74, 6) is -0.148. The van der Waals surface area contributed by atoms with Gasteiger partial charge >= 0.3 is 6.18 Å². The fourth-order valence-electron chi connectivity index (χ4n) is 2.33. The summed E-state index contributed by atoms with van der Waals surface area (Å²) in [5.41, 5.74) is -0.487. The number of benzene rings is 1. The summed E-state index contributed by atoms with van der Waals surface area (Å²) in [4.78, 5) is 13.7. The van der Waals surface area contributed by atoms with Crippen molar-refractivity contribution in [3.8, 4) is 0 Å². The number of nitrogens with one attached hydrogen (secondary N) is 1. The lowest BCUT2D eigenvalue weighted by molar-refractivity contribution is -0.137. The van der Waals surface area contributed by atoms with Crippen LogP contribution in [-0.4, -0.2) is 25.0 Å². The molecule has 0 saturated carbocycles. The normalized spacial score (nSPS) is 19.4. The molecule has 0 aliphatic carbocycles. The summed E-state index contributed by atoms with van der Waals surface area (Å²) in [5, 5.41) is 3.06. The highest BCUT2D eigenvalue weighted by atomic mass is 35.5. The van der Waals surface area contributed by atoms with Gasteiger partial charge in [0.15, 0.2) is 0 Å². The monoisotopic (exact) mass is 320 g/mol. The number of rotatable bonds is 4. The van der Waals surface area contributed by atoms with Gasteiger partial charge in [-0.05, 0) is 37.6 Å². The topological polar surface area (TPSA) is 32.3 Å². The molecule has 1 amide bonds. The third-order valence-electron chi connectivity index (χ3n) is 3.41. The molecule has 3 nitrogen and oxygen atoms in total. The Bertz CT molecular complexity index is 533. The summed E-state index contributed by atoms with van der Waals surface area (Å²) in [6.07, 6.45) is -2.91.